The van der Waals surface area contributed by atoms with Crippen molar-refractivity contribution in [1.82, 2.24) is 15.2 Å². The van der Waals surface area contributed by atoms with Gasteiger partial charge in [0.2, 0.25) is 5.91 Å². The van der Waals surface area contributed by atoms with Crippen LogP contribution in [-0.2, 0) is 4.79 Å². The van der Waals surface area contributed by atoms with Crippen molar-refractivity contribution in [1.29, 1.82) is 0 Å². The predicted molar refractivity (Wildman–Crippen MR) is 113 cm³/mol. The molecule has 0 spiro atoms. The molecule has 27 heavy (non-hydrogen) atoms. The number of fused-ring (bicyclic) bond motifs is 1. The summed E-state index contributed by atoms with van der Waals surface area (Å²) in [6.45, 7) is 7.94. The van der Waals surface area contributed by atoms with Crippen molar-refractivity contribution in [2.24, 2.45) is 5.92 Å². The van der Waals surface area contributed by atoms with Crippen LogP contribution in [0.1, 0.15) is 37.7 Å². The molecule has 2 heterocycles. The van der Waals surface area contributed by atoms with Crippen molar-refractivity contribution in [2.45, 2.75) is 39.0 Å². The van der Waals surface area contributed by atoms with E-state index < -0.39 is 0 Å². The summed E-state index contributed by atoms with van der Waals surface area (Å²) in [7, 11) is 0. The van der Waals surface area contributed by atoms with Gasteiger partial charge in [-0.3, -0.25) is 9.69 Å². The zero-order chi connectivity index (χ0) is 18.6. The zero-order valence-corrected chi connectivity index (χ0v) is 17.1. The molecule has 0 radical (unpaired) electrons. The molecule has 1 aliphatic heterocycles. The van der Waals surface area contributed by atoms with Crippen molar-refractivity contribution in [3.63, 3.8) is 0 Å². The Bertz CT molecular complexity index is 776. The normalized spacial score (nSPS) is 19.5. The second-order valence-corrected chi connectivity index (χ2v) is 8.88. The van der Waals surface area contributed by atoms with E-state index in [4.69, 9.17) is 4.98 Å². The maximum Gasteiger partial charge on any atom is 0.223 e. The molecule has 0 bridgehead atoms. The highest BCUT2D eigenvalue weighted by molar-refractivity contribution is 7.22. The van der Waals surface area contributed by atoms with Crippen molar-refractivity contribution < 1.29 is 4.79 Å². The second-order valence-electron chi connectivity index (χ2n) is 7.87. The topological polar surface area (TPSA) is 48.5 Å². The summed E-state index contributed by atoms with van der Waals surface area (Å²) in [6.07, 6.45) is 5.87. The van der Waals surface area contributed by atoms with E-state index in [1.54, 1.807) is 11.3 Å². The van der Waals surface area contributed by atoms with Crippen molar-refractivity contribution in [3.8, 4) is 0 Å². The number of carbonyl (C=O) groups excluding carboxylic acids is 1. The summed E-state index contributed by atoms with van der Waals surface area (Å²) >= 11 is 1.80. The van der Waals surface area contributed by atoms with Crippen LogP contribution in [0.15, 0.2) is 18.2 Å². The van der Waals surface area contributed by atoms with Gasteiger partial charge in [0.1, 0.15) is 0 Å². The molecule has 4 rings (SSSR count). The number of aromatic nitrogens is 1. The highest BCUT2D eigenvalue weighted by Gasteiger charge is 2.22. The number of nitrogens with one attached hydrogen (secondary N) is 1. The number of para-hydroxylation sites is 1. The lowest BCUT2D eigenvalue weighted by Gasteiger charge is -2.34. The first-order valence-corrected chi connectivity index (χ1v) is 11.1. The molecule has 6 heteroatoms. The van der Waals surface area contributed by atoms with Crippen LogP contribution in [0, 0.1) is 12.8 Å². The number of benzene rings is 1. The number of amides is 1. The average Bonchev–Trinajstić information content (AvgIpc) is 3.15. The van der Waals surface area contributed by atoms with E-state index in [1.165, 1.54) is 29.5 Å². The number of aryl methyl sites for hydroxylation is 1. The highest BCUT2D eigenvalue weighted by atomic mass is 32.1. The van der Waals surface area contributed by atoms with Crippen LogP contribution < -0.4 is 10.2 Å². The molecule has 1 aromatic carbocycles. The Morgan fingerprint density at radius 3 is 2.70 bits per heavy atom. The SMILES string of the molecule is Cc1cccc2sc(N3CCN(CCNC(=O)C4CCCCC4)CC3)nc12. The summed E-state index contributed by atoms with van der Waals surface area (Å²) in [6, 6.07) is 6.40. The number of hydrogen-bond acceptors (Lipinski definition) is 5. The second kappa shape index (κ2) is 8.57. The minimum absolute atomic E-state index is 0.262. The van der Waals surface area contributed by atoms with Crippen LogP contribution in [0.5, 0.6) is 0 Å². The summed E-state index contributed by atoms with van der Waals surface area (Å²) in [5.41, 5.74) is 2.40. The third kappa shape index (κ3) is 4.43. The molecule has 5 nitrogen and oxygen atoms in total. The number of piperazine rings is 1. The molecule has 0 atom stereocenters. The fourth-order valence-electron chi connectivity index (χ4n) is 4.22. The maximum atomic E-state index is 12.2. The molecule has 0 unspecified atom stereocenters. The fourth-order valence-corrected chi connectivity index (χ4v) is 5.31. The lowest BCUT2D eigenvalue weighted by Crippen LogP contribution is -2.48. The van der Waals surface area contributed by atoms with Crippen molar-refractivity contribution in [2.75, 3.05) is 44.2 Å². The first-order valence-electron chi connectivity index (χ1n) is 10.3. The molecule has 2 fully saturated rings. The Morgan fingerprint density at radius 1 is 1.19 bits per heavy atom. The van der Waals surface area contributed by atoms with Gasteiger partial charge in [0.15, 0.2) is 5.13 Å². The summed E-state index contributed by atoms with van der Waals surface area (Å²) in [4.78, 5) is 22.0. The number of nitrogens with zero attached hydrogens (tertiary/aromatic N) is 3. The van der Waals surface area contributed by atoms with Gasteiger partial charge in [-0.2, -0.15) is 0 Å². The molecular weight excluding hydrogens is 356 g/mol. The minimum Gasteiger partial charge on any atom is -0.355 e. The fraction of sp³-hybridized carbons (Fsp3) is 0.619. The van der Waals surface area contributed by atoms with Gasteiger partial charge in [0.25, 0.3) is 0 Å². The molecule has 1 N–H and O–H groups in total. The van der Waals surface area contributed by atoms with Crippen LogP contribution in [0.25, 0.3) is 10.2 Å². The number of rotatable bonds is 5. The number of hydrogen-bond donors (Lipinski definition) is 1. The number of carbonyl (C=O) groups is 1. The molecule has 1 saturated heterocycles. The predicted octanol–water partition coefficient (Wildman–Crippen LogP) is 3.42. The van der Waals surface area contributed by atoms with Gasteiger partial charge in [-0.1, -0.05) is 42.7 Å². The zero-order valence-electron chi connectivity index (χ0n) is 16.2. The Labute approximate surface area is 165 Å². The average molecular weight is 387 g/mol. The minimum atomic E-state index is 0.262. The Morgan fingerprint density at radius 2 is 1.96 bits per heavy atom. The molecule has 2 aliphatic rings. The van der Waals surface area contributed by atoms with Crippen molar-refractivity contribution >= 4 is 32.6 Å². The van der Waals surface area contributed by atoms with E-state index in [2.05, 4.69) is 40.2 Å². The van der Waals surface area contributed by atoms with Gasteiger partial charge in [0.05, 0.1) is 10.2 Å². The van der Waals surface area contributed by atoms with Gasteiger partial charge in [-0.25, -0.2) is 4.98 Å². The van der Waals surface area contributed by atoms with Gasteiger partial charge >= 0.3 is 0 Å². The summed E-state index contributed by atoms with van der Waals surface area (Å²) < 4.78 is 1.28. The monoisotopic (exact) mass is 386 g/mol. The maximum absolute atomic E-state index is 12.2. The van der Waals surface area contributed by atoms with Crippen LogP contribution in [0.2, 0.25) is 0 Å². The van der Waals surface area contributed by atoms with E-state index in [1.807, 2.05) is 0 Å². The lowest BCUT2D eigenvalue weighted by atomic mass is 9.89. The van der Waals surface area contributed by atoms with Crippen LogP contribution in [0.4, 0.5) is 5.13 Å². The standard InChI is InChI=1S/C21H30N4OS/c1-16-6-5-9-18-19(16)23-21(27-18)25-14-12-24(13-15-25)11-10-22-20(26)17-7-3-2-4-8-17/h5-6,9,17H,2-4,7-8,10-15H2,1H3,(H,22,26). The van der Waals surface area contributed by atoms with E-state index in [-0.39, 0.29) is 11.8 Å². The molecule has 2 aromatic rings. The van der Waals surface area contributed by atoms with Gasteiger partial charge in [0, 0.05) is 45.2 Å². The first kappa shape index (κ1) is 18.7. The number of thiazole rings is 1. The molecule has 1 amide bonds. The first-order chi connectivity index (χ1) is 13.2. The molecular formula is C21H30N4OS. The van der Waals surface area contributed by atoms with E-state index >= 15 is 0 Å². The molecule has 1 aliphatic carbocycles. The Hall–Kier alpha value is -1.66. The van der Waals surface area contributed by atoms with Crippen molar-refractivity contribution in [3.05, 3.63) is 23.8 Å². The smallest absolute Gasteiger partial charge is 0.223 e. The quantitative estimate of drug-likeness (QED) is 0.855. The Balaban J connectivity index is 1.22. The van der Waals surface area contributed by atoms with Crippen LogP contribution in [0.3, 0.4) is 0 Å². The van der Waals surface area contributed by atoms with Crippen LogP contribution in [-0.4, -0.2) is 55.1 Å². The molecule has 1 aromatic heterocycles. The van der Waals surface area contributed by atoms with E-state index in [0.29, 0.717) is 0 Å². The molecule has 1 saturated carbocycles. The van der Waals surface area contributed by atoms with E-state index in [9.17, 15) is 4.79 Å². The molecule has 146 valence electrons. The van der Waals surface area contributed by atoms with Gasteiger partial charge in [-0.05, 0) is 31.4 Å². The van der Waals surface area contributed by atoms with Gasteiger partial charge < -0.3 is 10.2 Å². The number of anilines is 1. The van der Waals surface area contributed by atoms with Crippen LogP contribution >= 0.6 is 11.3 Å². The third-order valence-corrected chi connectivity index (χ3v) is 7.04. The highest BCUT2D eigenvalue weighted by Crippen LogP contribution is 2.31. The third-order valence-electron chi connectivity index (χ3n) is 5.96. The largest absolute Gasteiger partial charge is 0.355 e. The summed E-state index contributed by atoms with van der Waals surface area (Å²) in [5, 5.41) is 4.31. The summed E-state index contributed by atoms with van der Waals surface area (Å²) in [5.74, 6) is 0.538. The lowest BCUT2D eigenvalue weighted by molar-refractivity contribution is -0.125. The Kier molecular flexibility index (Phi) is 5.93. The van der Waals surface area contributed by atoms with Gasteiger partial charge in [-0.15, -0.1) is 0 Å². The van der Waals surface area contributed by atoms with E-state index in [0.717, 1.165) is 62.8 Å².